The molecule has 0 saturated carbocycles. The molecule has 4 rings (SSSR count). The number of hydrogen-bond donors (Lipinski definition) is 0. The number of nitriles is 1. The third-order valence-electron chi connectivity index (χ3n) is 4.13. The first kappa shape index (κ1) is 15.0. The summed E-state index contributed by atoms with van der Waals surface area (Å²) in [6.45, 7) is 1.99. The molecule has 0 spiro atoms. The van der Waals surface area contributed by atoms with Crippen molar-refractivity contribution in [2.45, 2.75) is 6.92 Å². The van der Waals surface area contributed by atoms with Crippen molar-refractivity contribution in [3.05, 3.63) is 78.2 Å². The number of aromatic nitrogens is 3. The van der Waals surface area contributed by atoms with Crippen LogP contribution in [0.3, 0.4) is 0 Å². The van der Waals surface area contributed by atoms with Crippen LogP contribution < -0.4 is 0 Å². The van der Waals surface area contributed by atoms with Crippen LogP contribution in [0.1, 0.15) is 11.3 Å². The van der Waals surface area contributed by atoms with Crippen LogP contribution in [0, 0.1) is 18.3 Å². The molecule has 2 aromatic heterocycles. The van der Waals surface area contributed by atoms with E-state index in [1.165, 1.54) is 0 Å². The third-order valence-corrected chi connectivity index (χ3v) is 4.13. The van der Waals surface area contributed by atoms with Crippen molar-refractivity contribution in [2.75, 3.05) is 0 Å². The minimum absolute atomic E-state index is 0.650. The second kappa shape index (κ2) is 6.14. The summed E-state index contributed by atoms with van der Waals surface area (Å²) in [4.78, 5) is 13.4. The van der Waals surface area contributed by atoms with E-state index in [1.807, 2.05) is 49.4 Å². The van der Waals surface area contributed by atoms with E-state index in [9.17, 15) is 0 Å². The van der Waals surface area contributed by atoms with Gasteiger partial charge in [0, 0.05) is 29.0 Å². The molecule has 118 valence electrons. The molecule has 0 atom stereocenters. The first-order valence-corrected chi connectivity index (χ1v) is 7.94. The molecular weight excluding hydrogens is 308 g/mol. The lowest BCUT2D eigenvalue weighted by Crippen LogP contribution is -1.95. The molecule has 0 unspecified atom stereocenters. The van der Waals surface area contributed by atoms with Crippen LogP contribution in [-0.2, 0) is 0 Å². The van der Waals surface area contributed by atoms with Gasteiger partial charge in [0.05, 0.1) is 17.1 Å². The fraction of sp³-hybridized carbons (Fsp3) is 0.0476. The first-order chi connectivity index (χ1) is 12.2. The minimum Gasteiger partial charge on any atom is -0.264 e. The van der Waals surface area contributed by atoms with Gasteiger partial charge < -0.3 is 0 Å². The minimum atomic E-state index is 0.650. The molecule has 0 aliphatic carbocycles. The lowest BCUT2D eigenvalue weighted by Gasteiger charge is -2.08. The maximum absolute atomic E-state index is 9.09. The predicted molar refractivity (Wildman–Crippen MR) is 97.7 cm³/mol. The molecule has 0 radical (unpaired) electrons. The monoisotopic (exact) mass is 322 g/mol. The summed E-state index contributed by atoms with van der Waals surface area (Å²) >= 11 is 0. The second-order valence-corrected chi connectivity index (χ2v) is 5.80. The quantitative estimate of drug-likeness (QED) is 0.543. The summed E-state index contributed by atoms with van der Waals surface area (Å²) in [7, 11) is 0. The van der Waals surface area contributed by atoms with Gasteiger partial charge in [0.25, 0.3) is 0 Å². The highest BCUT2D eigenvalue weighted by molar-refractivity contribution is 5.87. The summed E-state index contributed by atoms with van der Waals surface area (Å²) in [6.07, 6.45) is 3.50. The molecule has 0 N–H and O–H groups in total. The van der Waals surface area contributed by atoms with E-state index in [0.717, 1.165) is 33.3 Å². The second-order valence-electron chi connectivity index (χ2n) is 5.80. The Kier molecular flexibility index (Phi) is 3.68. The zero-order valence-electron chi connectivity index (χ0n) is 13.6. The maximum Gasteiger partial charge on any atom is 0.161 e. The lowest BCUT2D eigenvalue weighted by molar-refractivity contribution is 1.15. The Morgan fingerprint density at radius 3 is 2.52 bits per heavy atom. The van der Waals surface area contributed by atoms with Gasteiger partial charge >= 0.3 is 0 Å². The fourth-order valence-corrected chi connectivity index (χ4v) is 2.85. The van der Waals surface area contributed by atoms with Gasteiger partial charge in [-0.1, -0.05) is 18.2 Å². The molecule has 0 aliphatic heterocycles. The number of benzene rings is 2. The topological polar surface area (TPSA) is 62.5 Å². The van der Waals surface area contributed by atoms with Crippen LogP contribution in [0.15, 0.2) is 67.0 Å². The third kappa shape index (κ3) is 2.84. The maximum atomic E-state index is 9.09. The van der Waals surface area contributed by atoms with Gasteiger partial charge in [-0.3, -0.25) is 4.98 Å². The highest BCUT2D eigenvalue weighted by atomic mass is 14.9. The van der Waals surface area contributed by atoms with Gasteiger partial charge in [0.1, 0.15) is 0 Å². The predicted octanol–water partition coefficient (Wildman–Crippen LogP) is 4.54. The molecule has 4 heteroatoms. The largest absolute Gasteiger partial charge is 0.264 e. The summed E-state index contributed by atoms with van der Waals surface area (Å²) in [5.41, 5.74) is 5.42. The fourth-order valence-electron chi connectivity index (χ4n) is 2.85. The number of aryl methyl sites for hydroxylation is 1. The number of nitrogens with zero attached hydrogens (tertiary/aromatic N) is 4. The molecule has 0 fully saturated rings. The van der Waals surface area contributed by atoms with E-state index in [1.54, 1.807) is 18.5 Å². The smallest absolute Gasteiger partial charge is 0.161 e. The molecule has 0 bridgehead atoms. The van der Waals surface area contributed by atoms with E-state index in [2.05, 4.69) is 27.1 Å². The van der Waals surface area contributed by atoms with Crippen molar-refractivity contribution in [2.24, 2.45) is 0 Å². The van der Waals surface area contributed by atoms with Crippen LogP contribution in [0.25, 0.3) is 33.4 Å². The van der Waals surface area contributed by atoms with Gasteiger partial charge in [-0.15, -0.1) is 0 Å². The standard InChI is InChI=1S/C21H14N4/c1-14-19-11-17(16-5-2-4-15(10-16)12-22)7-8-20(19)25-21(24-14)18-6-3-9-23-13-18/h2-11,13H,1H3. The lowest BCUT2D eigenvalue weighted by atomic mass is 10.0. The summed E-state index contributed by atoms with van der Waals surface area (Å²) in [5.74, 6) is 0.678. The van der Waals surface area contributed by atoms with Gasteiger partial charge in [0.2, 0.25) is 0 Å². The summed E-state index contributed by atoms with van der Waals surface area (Å²) < 4.78 is 0. The molecule has 2 aromatic carbocycles. The van der Waals surface area contributed by atoms with Crippen molar-refractivity contribution in [1.29, 1.82) is 5.26 Å². The number of fused-ring (bicyclic) bond motifs is 1. The number of hydrogen-bond acceptors (Lipinski definition) is 4. The normalized spacial score (nSPS) is 10.6. The Morgan fingerprint density at radius 2 is 1.72 bits per heavy atom. The first-order valence-electron chi connectivity index (χ1n) is 7.94. The Hall–Kier alpha value is -3.58. The molecule has 0 aliphatic rings. The van der Waals surface area contributed by atoms with Crippen molar-refractivity contribution < 1.29 is 0 Å². The van der Waals surface area contributed by atoms with E-state index < -0.39 is 0 Å². The van der Waals surface area contributed by atoms with Crippen LogP contribution in [0.2, 0.25) is 0 Å². The highest BCUT2D eigenvalue weighted by Crippen LogP contribution is 2.27. The van der Waals surface area contributed by atoms with Crippen LogP contribution in [0.5, 0.6) is 0 Å². The molecule has 0 amide bonds. The van der Waals surface area contributed by atoms with Crippen LogP contribution in [-0.4, -0.2) is 15.0 Å². The Bertz CT molecular complexity index is 1110. The van der Waals surface area contributed by atoms with Gasteiger partial charge in [0.15, 0.2) is 5.82 Å². The van der Waals surface area contributed by atoms with Gasteiger partial charge in [-0.05, 0) is 54.4 Å². The molecule has 4 nitrogen and oxygen atoms in total. The highest BCUT2D eigenvalue weighted by Gasteiger charge is 2.08. The molecule has 2 heterocycles. The van der Waals surface area contributed by atoms with Crippen molar-refractivity contribution >= 4 is 10.9 Å². The summed E-state index contributed by atoms with van der Waals surface area (Å²) in [6, 6.07) is 19.7. The molecular formula is C21H14N4. The van der Waals surface area contributed by atoms with E-state index in [-0.39, 0.29) is 0 Å². The summed E-state index contributed by atoms with van der Waals surface area (Å²) in [5, 5.41) is 10.1. The van der Waals surface area contributed by atoms with E-state index in [0.29, 0.717) is 11.4 Å². The average Bonchev–Trinajstić information content (AvgIpc) is 2.68. The van der Waals surface area contributed by atoms with Crippen LogP contribution in [0.4, 0.5) is 0 Å². The number of pyridine rings is 1. The Balaban J connectivity index is 1.84. The number of rotatable bonds is 2. The zero-order chi connectivity index (χ0) is 17.2. The van der Waals surface area contributed by atoms with E-state index >= 15 is 0 Å². The van der Waals surface area contributed by atoms with Crippen molar-refractivity contribution in [3.8, 4) is 28.6 Å². The Labute approximate surface area is 145 Å². The average molecular weight is 322 g/mol. The molecule has 25 heavy (non-hydrogen) atoms. The molecule has 0 saturated heterocycles. The van der Waals surface area contributed by atoms with Gasteiger partial charge in [-0.2, -0.15) is 5.26 Å². The zero-order valence-corrected chi connectivity index (χ0v) is 13.6. The van der Waals surface area contributed by atoms with E-state index in [4.69, 9.17) is 5.26 Å². The van der Waals surface area contributed by atoms with Crippen LogP contribution >= 0.6 is 0 Å². The Morgan fingerprint density at radius 1 is 0.880 bits per heavy atom. The molecule has 4 aromatic rings. The van der Waals surface area contributed by atoms with Gasteiger partial charge in [-0.25, -0.2) is 9.97 Å². The van der Waals surface area contributed by atoms with Crippen molar-refractivity contribution in [3.63, 3.8) is 0 Å². The van der Waals surface area contributed by atoms with Crippen molar-refractivity contribution in [1.82, 2.24) is 15.0 Å². The SMILES string of the molecule is Cc1nc(-c2cccnc2)nc2ccc(-c3cccc(C#N)c3)cc12.